The summed E-state index contributed by atoms with van der Waals surface area (Å²) in [7, 11) is 0. The number of morpholine rings is 1. The number of aliphatic imine (C=N–C) groups is 1. The highest BCUT2D eigenvalue weighted by molar-refractivity contribution is 6.32. The van der Waals surface area contributed by atoms with Crippen molar-refractivity contribution in [2.75, 3.05) is 63.9 Å². The van der Waals surface area contributed by atoms with Gasteiger partial charge in [0.2, 0.25) is 0 Å². The molecule has 8 heteroatoms. The lowest BCUT2D eigenvalue weighted by Gasteiger charge is -2.26. The van der Waals surface area contributed by atoms with E-state index in [4.69, 9.17) is 21.3 Å². The molecule has 1 atom stereocenters. The number of anilines is 1. The summed E-state index contributed by atoms with van der Waals surface area (Å²) in [6.45, 7) is 10.2. The van der Waals surface area contributed by atoms with Crippen LogP contribution in [-0.2, 0) is 4.74 Å². The average Bonchev–Trinajstić information content (AvgIpc) is 3.11. The predicted octanol–water partition coefficient (Wildman–Crippen LogP) is 1.20. The van der Waals surface area contributed by atoms with Crippen LogP contribution < -0.4 is 15.5 Å². The van der Waals surface area contributed by atoms with E-state index < -0.39 is 0 Å². The maximum absolute atomic E-state index is 6.28. The van der Waals surface area contributed by atoms with Crippen LogP contribution in [0.2, 0.25) is 5.02 Å². The highest BCUT2D eigenvalue weighted by Gasteiger charge is 2.25. The Morgan fingerprint density at radius 1 is 1.38 bits per heavy atom. The lowest BCUT2D eigenvalue weighted by molar-refractivity contribution is 0.0394. The Kier molecular flexibility index (Phi) is 7.34. The molecule has 26 heavy (non-hydrogen) atoms. The lowest BCUT2D eigenvalue weighted by Crippen LogP contribution is -2.45. The topological polar surface area (TPSA) is 65.0 Å². The first-order chi connectivity index (χ1) is 12.8. The lowest BCUT2D eigenvalue weighted by atomic mass is 10.3. The van der Waals surface area contributed by atoms with E-state index in [0.717, 1.165) is 77.2 Å². The molecule has 2 N–H and O–H groups in total. The molecule has 3 heterocycles. The van der Waals surface area contributed by atoms with E-state index in [1.807, 2.05) is 12.1 Å². The fraction of sp³-hybridized carbons (Fsp3) is 0.667. The summed E-state index contributed by atoms with van der Waals surface area (Å²) in [6, 6.07) is 4.10. The predicted molar refractivity (Wildman–Crippen MR) is 106 cm³/mol. The van der Waals surface area contributed by atoms with Crippen molar-refractivity contribution in [2.45, 2.75) is 19.4 Å². The van der Waals surface area contributed by atoms with E-state index in [-0.39, 0.29) is 0 Å². The molecule has 0 radical (unpaired) electrons. The van der Waals surface area contributed by atoms with Crippen LogP contribution in [0.5, 0.6) is 0 Å². The van der Waals surface area contributed by atoms with Crippen LogP contribution in [0, 0.1) is 0 Å². The molecule has 144 valence electrons. The number of guanidine groups is 1. The minimum absolute atomic E-state index is 0.342. The maximum atomic E-state index is 6.28. The normalized spacial score (nSPS) is 21.8. The summed E-state index contributed by atoms with van der Waals surface area (Å²) in [5.41, 5.74) is 0. The van der Waals surface area contributed by atoms with Gasteiger partial charge in [0.25, 0.3) is 0 Å². The quantitative estimate of drug-likeness (QED) is 0.571. The Morgan fingerprint density at radius 2 is 2.23 bits per heavy atom. The van der Waals surface area contributed by atoms with Gasteiger partial charge >= 0.3 is 0 Å². The highest BCUT2D eigenvalue weighted by Crippen LogP contribution is 2.25. The zero-order valence-electron chi connectivity index (χ0n) is 15.5. The molecule has 0 spiro atoms. The maximum Gasteiger partial charge on any atom is 0.191 e. The fourth-order valence-corrected chi connectivity index (χ4v) is 3.56. The molecule has 2 aliphatic rings. The molecular formula is C18H29ClN6O. The van der Waals surface area contributed by atoms with Crippen LogP contribution in [0.4, 0.5) is 5.82 Å². The number of rotatable bonds is 6. The van der Waals surface area contributed by atoms with Gasteiger partial charge in [0.15, 0.2) is 5.96 Å². The van der Waals surface area contributed by atoms with Crippen LogP contribution in [0.15, 0.2) is 23.3 Å². The molecule has 1 aromatic heterocycles. The number of aromatic nitrogens is 1. The third kappa shape index (κ3) is 5.46. The van der Waals surface area contributed by atoms with Gasteiger partial charge in [-0.15, -0.1) is 0 Å². The van der Waals surface area contributed by atoms with Crippen LogP contribution >= 0.6 is 11.6 Å². The van der Waals surface area contributed by atoms with E-state index in [9.17, 15) is 0 Å². The number of ether oxygens (including phenoxy) is 1. The van der Waals surface area contributed by atoms with Gasteiger partial charge in [-0.05, 0) is 25.5 Å². The second-order valence-corrected chi connectivity index (χ2v) is 7.01. The minimum atomic E-state index is 0.342. The molecule has 2 aliphatic heterocycles. The molecule has 1 unspecified atom stereocenters. The molecule has 0 saturated carbocycles. The van der Waals surface area contributed by atoms with Crippen LogP contribution in [0.25, 0.3) is 0 Å². The van der Waals surface area contributed by atoms with E-state index >= 15 is 0 Å². The monoisotopic (exact) mass is 380 g/mol. The first-order valence-electron chi connectivity index (χ1n) is 9.46. The van der Waals surface area contributed by atoms with Crippen molar-refractivity contribution in [3.8, 4) is 0 Å². The number of pyridine rings is 1. The van der Waals surface area contributed by atoms with Gasteiger partial charge in [-0.25, -0.2) is 4.98 Å². The Labute approximate surface area is 160 Å². The summed E-state index contributed by atoms with van der Waals surface area (Å²) in [4.78, 5) is 13.8. The summed E-state index contributed by atoms with van der Waals surface area (Å²) < 4.78 is 5.39. The van der Waals surface area contributed by atoms with Crippen LogP contribution in [0.3, 0.4) is 0 Å². The zero-order valence-corrected chi connectivity index (χ0v) is 16.2. The Bertz CT molecular complexity index is 593. The van der Waals surface area contributed by atoms with E-state index in [1.165, 1.54) is 0 Å². The fourth-order valence-electron chi connectivity index (χ4n) is 3.32. The first kappa shape index (κ1) is 19.2. The number of nitrogens with one attached hydrogen (secondary N) is 2. The molecule has 0 aliphatic carbocycles. The van der Waals surface area contributed by atoms with E-state index in [1.54, 1.807) is 6.20 Å². The molecule has 7 nitrogen and oxygen atoms in total. The minimum Gasteiger partial charge on any atom is -0.379 e. The first-order valence-corrected chi connectivity index (χ1v) is 9.84. The second-order valence-electron chi connectivity index (χ2n) is 6.60. The van der Waals surface area contributed by atoms with Crippen molar-refractivity contribution in [3.05, 3.63) is 23.4 Å². The van der Waals surface area contributed by atoms with Crippen molar-refractivity contribution in [1.82, 2.24) is 20.5 Å². The smallest absolute Gasteiger partial charge is 0.191 e. The van der Waals surface area contributed by atoms with Gasteiger partial charge in [-0.3, -0.25) is 9.89 Å². The molecule has 2 fully saturated rings. The van der Waals surface area contributed by atoms with Gasteiger partial charge in [-0.2, -0.15) is 0 Å². The number of halogens is 1. The highest BCUT2D eigenvalue weighted by atomic mass is 35.5. The van der Waals surface area contributed by atoms with Gasteiger partial charge in [0.1, 0.15) is 5.82 Å². The molecule has 2 saturated heterocycles. The molecule has 0 bridgehead atoms. The van der Waals surface area contributed by atoms with E-state index in [0.29, 0.717) is 11.1 Å². The van der Waals surface area contributed by atoms with Crippen molar-refractivity contribution in [1.29, 1.82) is 0 Å². The molecule has 1 aromatic rings. The zero-order chi connectivity index (χ0) is 18.2. The summed E-state index contributed by atoms with van der Waals surface area (Å²) in [5.74, 6) is 1.76. The number of hydrogen-bond acceptors (Lipinski definition) is 5. The van der Waals surface area contributed by atoms with Crippen molar-refractivity contribution < 1.29 is 4.74 Å². The Morgan fingerprint density at radius 3 is 3.00 bits per heavy atom. The molecule has 0 aromatic carbocycles. The Balaban J connectivity index is 1.50. The average molecular weight is 381 g/mol. The number of hydrogen-bond donors (Lipinski definition) is 2. The summed E-state index contributed by atoms with van der Waals surface area (Å²) in [6.07, 6.45) is 2.83. The van der Waals surface area contributed by atoms with Gasteiger partial charge in [0.05, 0.1) is 24.8 Å². The van der Waals surface area contributed by atoms with Crippen LogP contribution in [-0.4, -0.2) is 80.9 Å². The van der Waals surface area contributed by atoms with Crippen molar-refractivity contribution in [2.24, 2.45) is 4.99 Å². The van der Waals surface area contributed by atoms with E-state index in [2.05, 4.69) is 32.3 Å². The summed E-state index contributed by atoms with van der Waals surface area (Å²) in [5, 5.41) is 7.61. The van der Waals surface area contributed by atoms with Gasteiger partial charge in [-0.1, -0.05) is 11.6 Å². The number of nitrogens with zero attached hydrogens (tertiary/aromatic N) is 4. The molecule has 3 rings (SSSR count). The largest absolute Gasteiger partial charge is 0.379 e. The van der Waals surface area contributed by atoms with Crippen molar-refractivity contribution in [3.63, 3.8) is 0 Å². The SMILES string of the molecule is CCNC(=NCCN1CCOCC1)NC1CCN(c2ncccc2Cl)C1. The van der Waals surface area contributed by atoms with Gasteiger partial charge < -0.3 is 20.3 Å². The third-order valence-corrected chi connectivity index (χ3v) is 5.00. The van der Waals surface area contributed by atoms with Crippen molar-refractivity contribution >= 4 is 23.4 Å². The molecular weight excluding hydrogens is 352 g/mol. The molecule has 0 amide bonds. The van der Waals surface area contributed by atoms with Crippen LogP contribution in [0.1, 0.15) is 13.3 Å². The summed E-state index contributed by atoms with van der Waals surface area (Å²) >= 11 is 6.28. The van der Waals surface area contributed by atoms with Gasteiger partial charge in [0, 0.05) is 51.5 Å². The standard InChI is InChI=1S/C18H29ClN6O/c1-2-20-18(22-7-9-24-10-12-26-13-11-24)23-15-5-8-25(14-15)17-16(19)4-3-6-21-17/h3-4,6,15H,2,5,7-14H2,1H3,(H2,20,22,23). The Hall–Kier alpha value is -1.57. The third-order valence-electron chi connectivity index (χ3n) is 4.70. The second kappa shape index (κ2) is 9.94.